The number of ether oxygens (including phenoxy) is 2. The van der Waals surface area contributed by atoms with Crippen LogP contribution in [0.5, 0.6) is 5.75 Å². The van der Waals surface area contributed by atoms with E-state index in [1.165, 1.54) is 0 Å². The van der Waals surface area contributed by atoms with Crippen LogP contribution in [0, 0.1) is 11.8 Å². The van der Waals surface area contributed by atoms with Crippen molar-refractivity contribution in [1.29, 1.82) is 0 Å². The predicted octanol–water partition coefficient (Wildman–Crippen LogP) is 3.51. The molecule has 0 aromatic heterocycles. The second kappa shape index (κ2) is 8.13. The summed E-state index contributed by atoms with van der Waals surface area (Å²) in [6.45, 7) is 6.19. The third-order valence-electron chi connectivity index (χ3n) is 6.70. The van der Waals surface area contributed by atoms with Crippen LogP contribution in [0.2, 0.25) is 5.02 Å². The molecule has 0 bridgehead atoms. The van der Waals surface area contributed by atoms with Crippen molar-refractivity contribution in [2.24, 2.45) is 11.8 Å². The van der Waals surface area contributed by atoms with Gasteiger partial charge in [0.1, 0.15) is 23.6 Å². The standard InChI is InChI=1S/C24H29ClO5/c1-4-29-18-8-5-15(6-9-18)11-17-12-16(7-10-19(17)25)23-22(28)21(27)20-13(2)24(20,30-23)14(3)26/h5-10,12-14,20-23,26-28H,4,11H2,1-3H3/t13-,14-,20?,21?,22-,23?,24?/m1/s1. The average Bonchev–Trinajstić information content (AvgIpc) is 3.34. The molecule has 1 saturated carbocycles. The summed E-state index contributed by atoms with van der Waals surface area (Å²) in [5.41, 5.74) is 1.90. The van der Waals surface area contributed by atoms with E-state index in [9.17, 15) is 15.3 Å². The van der Waals surface area contributed by atoms with Crippen molar-refractivity contribution in [3.05, 3.63) is 64.2 Å². The van der Waals surface area contributed by atoms with E-state index in [0.717, 1.165) is 22.4 Å². The van der Waals surface area contributed by atoms with Crippen LogP contribution in [-0.2, 0) is 11.2 Å². The molecular formula is C24H29ClO5. The highest BCUT2D eigenvalue weighted by molar-refractivity contribution is 6.31. The van der Waals surface area contributed by atoms with Crippen LogP contribution >= 0.6 is 11.6 Å². The van der Waals surface area contributed by atoms with Gasteiger partial charge in [-0.1, -0.05) is 42.8 Å². The van der Waals surface area contributed by atoms with Gasteiger partial charge in [0, 0.05) is 10.9 Å². The third-order valence-corrected chi connectivity index (χ3v) is 7.07. The first kappa shape index (κ1) is 21.6. The Kier molecular flexibility index (Phi) is 5.86. The van der Waals surface area contributed by atoms with Crippen molar-refractivity contribution >= 4 is 11.6 Å². The molecule has 2 aliphatic rings. The molecule has 4 rings (SSSR count). The van der Waals surface area contributed by atoms with Gasteiger partial charge >= 0.3 is 0 Å². The van der Waals surface area contributed by atoms with Gasteiger partial charge < -0.3 is 24.8 Å². The zero-order chi connectivity index (χ0) is 21.6. The molecule has 0 amide bonds. The quantitative estimate of drug-likeness (QED) is 0.651. The molecule has 2 aromatic carbocycles. The van der Waals surface area contributed by atoms with Gasteiger partial charge in [-0.2, -0.15) is 0 Å². The van der Waals surface area contributed by atoms with Crippen molar-refractivity contribution in [3.8, 4) is 5.75 Å². The summed E-state index contributed by atoms with van der Waals surface area (Å²) in [6, 6.07) is 13.4. The number of hydrogen-bond acceptors (Lipinski definition) is 5. The zero-order valence-corrected chi connectivity index (χ0v) is 18.2. The molecule has 2 fully saturated rings. The minimum absolute atomic E-state index is 0.0252. The van der Waals surface area contributed by atoms with Crippen LogP contribution < -0.4 is 4.74 Å². The monoisotopic (exact) mass is 432 g/mol. The smallest absolute Gasteiger partial charge is 0.119 e. The van der Waals surface area contributed by atoms with E-state index in [-0.39, 0.29) is 11.8 Å². The lowest BCUT2D eigenvalue weighted by atomic mass is 9.90. The summed E-state index contributed by atoms with van der Waals surface area (Å²) in [7, 11) is 0. The molecule has 162 valence electrons. The normalized spacial score (nSPS) is 33.6. The third kappa shape index (κ3) is 3.53. The van der Waals surface area contributed by atoms with Gasteiger partial charge in [0.15, 0.2) is 0 Å². The van der Waals surface area contributed by atoms with E-state index < -0.39 is 30.0 Å². The van der Waals surface area contributed by atoms with Crippen LogP contribution in [0.1, 0.15) is 43.6 Å². The van der Waals surface area contributed by atoms with Crippen molar-refractivity contribution in [1.82, 2.24) is 0 Å². The second-order valence-electron chi connectivity index (χ2n) is 8.47. The number of hydrogen-bond donors (Lipinski definition) is 3. The highest BCUT2D eigenvalue weighted by atomic mass is 35.5. The largest absolute Gasteiger partial charge is 0.494 e. The molecule has 0 spiro atoms. The van der Waals surface area contributed by atoms with Crippen LogP contribution in [0.4, 0.5) is 0 Å². The van der Waals surface area contributed by atoms with E-state index in [4.69, 9.17) is 21.1 Å². The molecule has 0 radical (unpaired) electrons. The Morgan fingerprint density at radius 1 is 1.13 bits per heavy atom. The van der Waals surface area contributed by atoms with Gasteiger partial charge in [-0.15, -0.1) is 0 Å². The first-order chi connectivity index (χ1) is 14.3. The van der Waals surface area contributed by atoms with E-state index >= 15 is 0 Å². The lowest BCUT2D eigenvalue weighted by molar-refractivity contribution is -0.202. The highest BCUT2D eigenvalue weighted by Crippen LogP contribution is 2.63. The highest BCUT2D eigenvalue weighted by Gasteiger charge is 2.73. The average molecular weight is 433 g/mol. The fourth-order valence-electron chi connectivity index (χ4n) is 5.04. The molecule has 2 aromatic rings. The Bertz CT molecular complexity index is 899. The summed E-state index contributed by atoms with van der Waals surface area (Å²) >= 11 is 6.45. The molecule has 7 atom stereocenters. The van der Waals surface area contributed by atoms with Gasteiger partial charge in [-0.05, 0) is 61.1 Å². The molecule has 1 saturated heterocycles. The van der Waals surface area contributed by atoms with Gasteiger partial charge in [-0.25, -0.2) is 0 Å². The maximum absolute atomic E-state index is 10.7. The minimum Gasteiger partial charge on any atom is -0.494 e. The fraction of sp³-hybridized carbons (Fsp3) is 0.500. The number of rotatable bonds is 6. The van der Waals surface area contributed by atoms with Crippen molar-refractivity contribution in [2.75, 3.05) is 6.61 Å². The van der Waals surface area contributed by atoms with Crippen molar-refractivity contribution in [3.63, 3.8) is 0 Å². The zero-order valence-electron chi connectivity index (χ0n) is 17.5. The van der Waals surface area contributed by atoms with Crippen molar-refractivity contribution < 1.29 is 24.8 Å². The van der Waals surface area contributed by atoms with Crippen LogP contribution in [-0.4, -0.2) is 45.8 Å². The molecule has 6 heteroatoms. The van der Waals surface area contributed by atoms with Crippen LogP contribution in [0.25, 0.3) is 0 Å². The molecule has 30 heavy (non-hydrogen) atoms. The molecule has 5 nitrogen and oxygen atoms in total. The van der Waals surface area contributed by atoms with E-state index in [2.05, 4.69) is 0 Å². The minimum atomic E-state index is -1.06. The van der Waals surface area contributed by atoms with E-state index in [1.807, 2.05) is 50.2 Å². The Balaban J connectivity index is 1.59. The van der Waals surface area contributed by atoms with E-state index in [1.54, 1.807) is 13.0 Å². The maximum atomic E-state index is 10.7. The lowest BCUT2D eigenvalue weighted by Gasteiger charge is -2.38. The Hall–Kier alpha value is -1.63. The number of benzene rings is 2. The van der Waals surface area contributed by atoms with Crippen LogP contribution in [0.15, 0.2) is 42.5 Å². The first-order valence-electron chi connectivity index (χ1n) is 10.5. The predicted molar refractivity (Wildman–Crippen MR) is 115 cm³/mol. The van der Waals surface area contributed by atoms with Crippen molar-refractivity contribution in [2.45, 2.75) is 57.2 Å². The number of fused-ring (bicyclic) bond motifs is 1. The van der Waals surface area contributed by atoms with Crippen LogP contribution in [0.3, 0.4) is 0 Å². The Labute approximate surface area is 182 Å². The summed E-state index contributed by atoms with van der Waals surface area (Å²) < 4.78 is 11.8. The molecular weight excluding hydrogens is 404 g/mol. The number of halogens is 1. The Morgan fingerprint density at radius 3 is 2.47 bits per heavy atom. The SMILES string of the molecule is CCOc1ccc(Cc2cc(C3OC4([C@@H](C)O)C(C(O)[C@H]3O)[C@H]4C)ccc2Cl)cc1. The lowest BCUT2D eigenvalue weighted by Crippen LogP contribution is -2.48. The summed E-state index contributed by atoms with van der Waals surface area (Å²) in [5.74, 6) is 0.535. The summed E-state index contributed by atoms with van der Waals surface area (Å²) in [6.07, 6.45) is -2.86. The van der Waals surface area contributed by atoms with E-state index in [0.29, 0.717) is 18.1 Å². The number of aliphatic hydroxyl groups is 3. The molecule has 3 N–H and O–H groups in total. The molecule has 1 aliphatic heterocycles. The first-order valence-corrected chi connectivity index (χ1v) is 10.9. The van der Waals surface area contributed by atoms with Gasteiger partial charge in [-0.3, -0.25) is 0 Å². The van der Waals surface area contributed by atoms with Gasteiger partial charge in [0.2, 0.25) is 0 Å². The molecule has 4 unspecified atom stereocenters. The second-order valence-corrected chi connectivity index (χ2v) is 8.88. The fourth-order valence-corrected chi connectivity index (χ4v) is 5.22. The summed E-state index contributed by atoms with van der Waals surface area (Å²) in [4.78, 5) is 0. The topological polar surface area (TPSA) is 79.2 Å². The number of aliphatic hydroxyl groups excluding tert-OH is 3. The summed E-state index contributed by atoms with van der Waals surface area (Å²) in [5, 5.41) is 32.3. The molecule has 1 heterocycles. The Morgan fingerprint density at radius 2 is 1.83 bits per heavy atom. The van der Waals surface area contributed by atoms with Gasteiger partial charge in [0.05, 0.1) is 18.8 Å². The maximum Gasteiger partial charge on any atom is 0.119 e. The molecule has 1 aliphatic carbocycles. The van der Waals surface area contributed by atoms with Gasteiger partial charge in [0.25, 0.3) is 0 Å².